The van der Waals surface area contributed by atoms with Crippen molar-refractivity contribution in [3.05, 3.63) is 76.9 Å². The van der Waals surface area contributed by atoms with Gasteiger partial charge in [0.1, 0.15) is 29.4 Å². The van der Waals surface area contributed by atoms with Gasteiger partial charge in [-0.1, -0.05) is 6.07 Å². The van der Waals surface area contributed by atoms with Gasteiger partial charge >= 0.3 is 6.18 Å². The van der Waals surface area contributed by atoms with Gasteiger partial charge in [-0.15, -0.1) is 0 Å². The van der Waals surface area contributed by atoms with Crippen molar-refractivity contribution < 1.29 is 41.0 Å². The molecule has 0 fully saturated rings. The van der Waals surface area contributed by atoms with Crippen molar-refractivity contribution in [3.8, 4) is 23.0 Å². The highest BCUT2D eigenvalue weighted by atomic mass is 19.4. The van der Waals surface area contributed by atoms with E-state index in [0.717, 1.165) is 30.6 Å². The topological polar surface area (TPSA) is 48.0 Å². The number of carbonyl (C=O) groups excluding carboxylic acids is 1. The number of aldehydes is 1. The zero-order chi connectivity index (χ0) is 26.3. The molecule has 1 aliphatic heterocycles. The highest BCUT2D eigenvalue weighted by Gasteiger charge is 2.36. The zero-order valence-electron chi connectivity index (χ0n) is 19.6. The van der Waals surface area contributed by atoms with E-state index in [4.69, 9.17) is 14.2 Å². The first-order chi connectivity index (χ1) is 16.9. The number of halogens is 5. The minimum atomic E-state index is -4.73. The zero-order valence-corrected chi connectivity index (χ0v) is 19.6. The van der Waals surface area contributed by atoms with Gasteiger partial charge in [-0.2, -0.15) is 13.2 Å². The molecule has 10 heteroatoms. The van der Waals surface area contributed by atoms with Gasteiger partial charge in [-0.25, -0.2) is 8.78 Å². The predicted octanol–water partition coefficient (Wildman–Crippen LogP) is 6.62. The second-order valence-corrected chi connectivity index (χ2v) is 8.91. The van der Waals surface area contributed by atoms with Crippen molar-refractivity contribution >= 4 is 12.0 Å². The van der Waals surface area contributed by atoms with Gasteiger partial charge in [0.15, 0.2) is 11.5 Å². The monoisotopic (exact) mass is 507 g/mol. The number of alkyl halides is 3. The number of anilines is 1. The second-order valence-electron chi connectivity index (χ2n) is 8.91. The summed E-state index contributed by atoms with van der Waals surface area (Å²) < 4.78 is 85.6. The highest BCUT2D eigenvalue weighted by Crippen LogP contribution is 2.44. The molecule has 0 bridgehead atoms. The number of hydrogen-bond acceptors (Lipinski definition) is 5. The van der Waals surface area contributed by atoms with Crippen molar-refractivity contribution in [2.24, 2.45) is 0 Å². The molecule has 0 atom stereocenters. The van der Waals surface area contributed by atoms with Crippen LogP contribution >= 0.6 is 0 Å². The molecule has 0 unspecified atom stereocenters. The van der Waals surface area contributed by atoms with E-state index in [1.54, 1.807) is 33.0 Å². The van der Waals surface area contributed by atoms with Crippen LogP contribution in [0.15, 0.2) is 48.5 Å². The molecule has 0 saturated carbocycles. The lowest BCUT2D eigenvalue weighted by Crippen LogP contribution is -2.26. The predicted molar refractivity (Wildman–Crippen MR) is 122 cm³/mol. The second kappa shape index (κ2) is 9.33. The fourth-order valence-electron chi connectivity index (χ4n) is 3.95. The molecule has 0 radical (unpaired) electrons. The summed E-state index contributed by atoms with van der Waals surface area (Å²) in [6.07, 6.45) is -4.00. The molecule has 3 aromatic carbocycles. The maximum absolute atomic E-state index is 14.0. The van der Waals surface area contributed by atoms with Crippen LogP contribution in [0, 0.1) is 11.6 Å². The van der Waals surface area contributed by atoms with Gasteiger partial charge in [0.25, 0.3) is 0 Å². The molecule has 3 aromatic rings. The summed E-state index contributed by atoms with van der Waals surface area (Å²) in [5, 5.41) is 0. The third-order valence-corrected chi connectivity index (χ3v) is 5.79. The SMILES string of the molecule is CN(Cc1c(Oc2cc(F)cc(F)c2)cccc1C(F)(F)F)c1cc2c(cc1C(C)(C)C=O)OCO2. The summed E-state index contributed by atoms with van der Waals surface area (Å²) in [4.78, 5) is 13.4. The lowest BCUT2D eigenvalue weighted by Gasteiger charge is -2.29. The molecule has 0 amide bonds. The maximum Gasteiger partial charge on any atom is 0.416 e. The lowest BCUT2D eigenvalue weighted by molar-refractivity contribution is -0.138. The number of fused-ring (bicyclic) bond motifs is 1. The molecular formula is C26H22F5NO4. The number of nitrogens with zero attached hydrogens (tertiary/aromatic N) is 1. The Morgan fingerprint density at radius 1 is 0.972 bits per heavy atom. The average molecular weight is 507 g/mol. The number of carbonyl (C=O) groups is 1. The van der Waals surface area contributed by atoms with Crippen LogP contribution in [0.25, 0.3) is 0 Å². The third-order valence-electron chi connectivity index (χ3n) is 5.79. The minimum absolute atomic E-state index is 0.0252. The largest absolute Gasteiger partial charge is 0.457 e. The number of rotatable bonds is 7. The molecule has 1 heterocycles. The first-order valence-electron chi connectivity index (χ1n) is 10.8. The molecule has 190 valence electrons. The minimum Gasteiger partial charge on any atom is -0.457 e. The Bertz CT molecular complexity index is 1290. The number of ether oxygens (including phenoxy) is 3. The quantitative estimate of drug-likeness (QED) is 0.266. The summed E-state index contributed by atoms with van der Waals surface area (Å²) in [6, 6.07) is 8.95. The van der Waals surface area contributed by atoms with Crippen LogP contribution < -0.4 is 19.1 Å². The van der Waals surface area contributed by atoms with Crippen LogP contribution in [0.1, 0.15) is 30.5 Å². The Morgan fingerprint density at radius 3 is 2.22 bits per heavy atom. The summed E-state index contributed by atoms with van der Waals surface area (Å²) in [7, 11) is 1.56. The van der Waals surface area contributed by atoms with Gasteiger partial charge in [-0.05, 0) is 37.6 Å². The standard InChI is InChI=1S/C26H22F5NO4/c1-25(2,13-33)20-10-23-24(35-14-34-23)11-21(20)32(3)12-18-19(26(29,30)31)5-4-6-22(18)36-17-8-15(27)7-16(28)9-17/h4-11,13H,12,14H2,1-3H3. The van der Waals surface area contributed by atoms with Crippen molar-refractivity contribution in [1.82, 2.24) is 0 Å². The van der Waals surface area contributed by atoms with E-state index in [2.05, 4.69) is 0 Å². The van der Waals surface area contributed by atoms with Crippen LogP contribution in [0.2, 0.25) is 0 Å². The van der Waals surface area contributed by atoms with Crippen LogP contribution in [-0.4, -0.2) is 20.1 Å². The van der Waals surface area contributed by atoms with Crippen LogP contribution in [-0.2, 0) is 22.9 Å². The van der Waals surface area contributed by atoms with E-state index >= 15 is 0 Å². The molecular weight excluding hydrogens is 485 g/mol. The molecule has 1 aliphatic rings. The van der Waals surface area contributed by atoms with Gasteiger partial charge in [0, 0.05) is 54.5 Å². The fraction of sp³-hybridized carbons (Fsp3) is 0.269. The van der Waals surface area contributed by atoms with Gasteiger partial charge < -0.3 is 23.9 Å². The first-order valence-corrected chi connectivity index (χ1v) is 10.8. The smallest absolute Gasteiger partial charge is 0.416 e. The lowest BCUT2D eigenvalue weighted by atomic mass is 9.84. The molecule has 0 N–H and O–H groups in total. The van der Waals surface area contributed by atoms with E-state index in [1.807, 2.05) is 0 Å². The average Bonchev–Trinajstić information content (AvgIpc) is 3.25. The summed E-state index contributed by atoms with van der Waals surface area (Å²) >= 11 is 0. The Balaban J connectivity index is 1.80. The number of benzene rings is 3. The molecule has 0 aliphatic carbocycles. The summed E-state index contributed by atoms with van der Waals surface area (Å²) in [6.45, 7) is 3.00. The van der Waals surface area contributed by atoms with Crippen molar-refractivity contribution in [2.75, 3.05) is 18.7 Å². The van der Waals surface area contributed by atoms with E-state index < -0.39 is 28.8 Å². The molecule has 4 rings (SSSR count). The Morgan fingerprint density at radius 2 is 1.61 bits per heavy atom. The van der Waals surface area contributed by atoms with E-state index in [9.17, 15) is 26.7 Å². The summed E-state index contributed by atoms with van der Waals surface area (Å²) in [5.74, 6) is -1.57. The molecule has 36 heavy (non-hydrogen) atoms. The van der Waals surface area contributed by atoms with E-state index in [0.29, 0.717) is 28.8 Å². The van der Waals surface area contributed by atoms with E-state index in [1.165, 1.54) is 11.0 Å². The molecule has 0 saturated heterocycles. The van der Waals surface area contributed by atoms with Crippen LogP contribution in [0.5, 0.6) is 23.0 Å². The Hall–Kier alpha value is -3.82. The van der Waals surface area contributed by atoms with E-state index in [-0.39, 0.29) is 30.4 Å². The summed E-state index contributed by atoms with van der Waals surface area (Å²) in [5.41, 5.74) is -1.27. The molecule has 0 spiro atoms. The first kappa shape index (κ1) is 25.3. The normalized spacial score (nSPS) is 13.0. The fourth-order valence-corrected chi connectivity index (χ4v) is 3.95. The van der Waals surface area contributed by atoms with Crippen LogP contribution in [0.4, 0.5) is 27.6 Å². The number of hydrogen-bond donors (Lipinski definition) is 0. The highest BCUT2D eigenvalue weighted by molar-refractivity contribution is 5.76. The van der Waals surface area contributed by atoms with Gasteiger partial charge in [-0.3, -0.25) is 0 Å². The van der Waals surface area contributed by atoms with Crippen molar-refractivity contribution in [2.45, 2.75) is 32.0 Å². The van der Waals surface area contributed by atoms with Crippen molar-refractivity contribution in [3.63, 3.8) is 0 Å². The van der Waals surface area contributed by atoms with Gasteiger partial charge in [0.05, 0.1) is 5.56 Å². The third kappa shape index (κ3) is 5.07. The molecule has 5 nitrogen and oxygen atoms in total. The van der Waals surface area contributed by atoms with Gasteiger partial charge in [0.2, 0.25) is 6.79 Å². The Kier molecular flexibility index (Phi) is 6.55. The maximum atomic E-state index is 14.0. The Labute approximate surface area is 204 Å². The van der Waals surface area contributed by atoms with Crippen LogP contribution in [0.3, 0.4) is 0 Å². The van der Waals surface area contributed by atoms with Crippen molar-refractivity contribution in [1.29, 1.82) is 0 Å². The molecule has 0 aromatic heterocycles.